The second-order valence-electron chi connectivity index (χ2n) is 7.05. The predicted molar refractivity (Wildman–Crippen MR) is 109 cm³/mol. The highest BCUT2D eigenvalue weighted by Crippen LogP contribution is 2.57. The van der Waals surface area contributed by atoms with Crippen molar-refractivity contribution in [3.8, 4) is 0 Å². The average Bonchev–Trinajstić information content (AvgIpc) is 2.55. The molecule has 3 aliphatic heterocycles. The van der Waals surface area contributed by atoms with Gasteiger partial charge in [0, 0.05) is 16.9 Å². The van der Waals surface area contributed by atoms with Gasteiger partial charge in [0.1, 0.15) is 0 Å². The van der Waals surface area contributed by atoms with Crippen molar-refractivity contribution in [3.05, 3.63) is 24.3 Å². The van der Waals surface area contributed by atoms with Crippen LogP contribution in [0.1, 0.15) is 64.7 Å². The normalized spacial score (nSPS) is 29.8. The highest BCUT2D eigenvalue weighted by atomic mass is 32.2. The lowest BCUT2D eigenvalue weighted by Gasteiger charge is -2.49. The topological polar surface area (TPSA) is 57.5 Å². The number of rotatable bonds is 12. The van der Waals surface area contributed by atoms with Crippen LogP contribution in [-0.4, -0.2) is 37.4 Å². The number of hydrogen-bond donors (Lipinski definition) is 2. The maximum Gasteiger partial charge on any atom is 0.303 e. The number of aliphatic hydroxyl groups is 1. The molecule has 0 saturated carbocycles. The van der Waals surface area contributed by atoms with E-state index >= 15 is 0 Å². The van der Waals surface area contributed by atoms with Crippen LogP contribution in [0.2, 0.25) is 0 Å². The van der Waals surface area contributed by atoms with Crippen LogP contribution in [0, 0.1) is 5.92 Å². The summed E-state index contributed by atoms with van der Waals surface area (Å²) >= 11 is 4.16. The van der Waals surface area contributed by atoms with Crippen LogP contribution in [-0.2, 0) is 4.79 Å². The molecule has 0 spiro atoms. The van der Waals surface area contributed by atoms with E-state index in [1.807, 2.05) is 6.08 Å². The monoisotopic (exact) mass is 384 g/mol. The first-order chi connectivity index (χ1) is 12.1. The van der Waals surface area contributed by atoms with Crippen molar-refractivity contribution >= 4 is 29.5 Å². The first-order valence-corrected chi connectivity index (χ1v) is 11.5. The van der Waals surface area contributed by atoms with Crippen molar-refractivity contribution in [1.29, 1.82) is 0 Å². The van der Waals surface area contributed by atoms with Gasteiger partial charge in [-0.2, -0.15) is 0 Å². The molecule has 2 unspecified atom stereocenters. The van der Waals surface area contributed by atoms with Crippen molar-refractivity contribution < 1.29 is 15.0 Å². The van der Waals surface area contributed by atoms with Crippen molar-refractivity contribution in [3.63, 3.8) is 0 Å². The second-order valence-corrected chi connectivity index (χ2v) is 10.2. The zero-order valence-corrected chi connectivity index (χ0v) is 16.8. The standard InChI is InChI=1S/C20H32O3S2/c1-2-3-6-9-15(21)12-13-17-16(18-14-20(24-17)25-18)10-7-4-5-8-11-19(22)23/h4,7,12-13,15-18,20-21H,2-3,5-6,8-11,14H2,1H3,(H,22,23)/t15-,16+,17?,18?,20+/m0/s1. The van der Waals surface area contributed by atoms with E-state index in [1.165, 1.54) is 19.3 Å². The lowest BCUT2D eigenvalue weighted by atomic mass is 9.92. The Bertz CT molecular complexity index is 458. The van der Waals surface area contributed by atoms with E-state index in [0.717, 1.165) is 41.9 Å². The third kappa shape index (κ3) is 7.40. The molecule has 3 rings (SSSR count). The summed E-state index contributed by atoms with van der Waals surface area (Å²) in [5.74, 6) is -0.0773. The molecular weight excluding hydrogens is 352 g/mol. The van der Waals surface area contributed by atoms with E-state index < -0.39 is 5.97 Å². The van der Waals surface area contributed by atoms with Gasteiger partial charge in [-0.25, -0.2) is 0 Å². The Kier molecular flexibility index (Phi) is 9.50. The van der Waals surface area contributed by atoms with Crippen LogP contribution >= 0.6 is 23.5 Å². The minimum atomic E-state index is -0.711. The summed E-state index contributed by atoms with van der Waals surface area (Å²) in [6.07, 6.45) is 16.9. The van der Waals surface area contributed by atoms with Gasteiger partial charge in [0.2, 0.25) is 0 Å². The van der Waals surface area contributed by atoms with Crippen molar-refractivity contribution in [2.24, 2.45) is 5.92 Å². The number of allylic oxidation sites excluding steroid dienone is 2. The van der Waals surface area contributed by atoms with Crippen molar-refractivity contribution in [2.75, 3.05) is 0 Å². The summed E-state index contributed by atoms with van der Waals surface area (Å²) < 4.78 is 0.743. The minimum absolute atomic E-state index is 0.255. The van der Waals surface area contributed by atoms with Crippen LogP contribution in [0.4, 0.5) is 0 Å². The van der Waals surface area contributed by atoms with E-state index in [1.54, 1.807) is 0 Å². The number of hydrogen-bond acceptors (Lipinski definition) is 4. The molecule has 0 amide bonds. The fourth-order valence-electron chi connectivity index (χ4n) is 3.38. The number of thioether (sulfide) groups is 2. The molecule has 0 aromatic carbocycles. The molecule has 3 nitrogen and oxygen atoms in total. The molecule has 0 aliphatic carbocycles. The molecule has 2 N–H and O–H groups in total. The van der Waals surface area contributed by atoms with Crippen LogP contribution < -0.4 is 0 Å². The molecule has 142 valence electrons. The number of carboxylic acids is 1. The molecule has 3 heterocycles. The number of aliphatic hydroxyl groups excluding tert-OH is 1. The van der Waals surface area contributed by atoms with Crippen LogP contribution in [0.5, 0.6) is 0 Å². The predicted octanol–water partition coefficient (Wildman–Crippen LogP) is 5.25. The Labute approximate surface area is 160 Å². The largest absolute Gasteiger partial charge is 0.481 e. The zero-order chi connectivity index (χ0) is 18.1. The molecule has 5 heteroatoms. The lowest BCUT2D eigenvalue weighted by Crippen LogP contribution is -2.43. The molecule has 3 saturated heterocycles. The second kappa shape index (κ2) is 11.3. The molecule has 0 aromatic heterocycles. The lowest BCUT2D eigenvalue weighted by molar-refractivity contribution is -0.137. The van der Waals surface area contributed by atoms with Crippen LogP contribution in [0.25, 0.3) is 0 Å². The van der Waals surface area contributed by atoms with E-state index in [-0.39, 0.29) is 12.5 Å². The summed E-state index contributed by atoms with van der Waals surface area (Å²) in [6, 6.07) is 0. The summed E-state index contributed by atoms with van der Waals surface area (Å²) in [7, 11) is 0. The Hall–Kier alpha value is -0.390. The number of carbonyl (C=O) groups is 1. The summed E-state index contributed by atoms with van der Waals surface area (Å²) in [5, 5.41) is 20.0. The average molecular weight is 385 g/mol. The number of aliphatic carboxylic acids is 1. The summed E-state index contributed by atoms with van der Waals surface area (Å²) in [4.78, 5) is 10.5. The van der Waals surface area contributed by atoms with Gasteiger partial charge in [0.15, 0.2) is 0 Å². The molecule has 3 aliphatic rings. The molecule has 0 radical (unpaired) electrons. The molecule has 0 aromatic rings. The molecular formula is C20H32O3S2. The Morgan fingerprint density at radius 2 is 2.04 bits per heavy atom. The van der Waals surface area contributed by atoms with E-state index in [0.29, 0.717) is 11.2 Å². The number of carboxylic acid groups (broad SMARTS) is 1. The molecule has 5 atom stereocenters. The first-order valence-electron chi connectivity index (χ1n) is 9.64. The minimum Gasteiger partial charge on any atom is -0.481 e. The van der Waals surface area contributed by atoms with Gasteiger partial charge in [0.05, 0.1) is 10.7 Å². The van der Waals surface area contributed by atoms with Gasteiger partial charge in [0.25, 0.3) is 0 Å². The van der Waals surface area contributed by atoms with Gasteiger partial charge < -0.3 is 10.2 Å². The van der Waals surface area contributed by atoms with Crippen molar-refractivity contribution in [1.82, 2.24) is 0 Å². The maximum absolute atomic E-state index is 10.5. The Morgan fingerprint density at radius 3 is 2.76 bits per heavy atom. The number of fused-ring (bicyclic) bond motifs is 2. The third-order valence-electron chi connectivity index (χ3n) is 4.92. The smallest absolute Gasteiger partial charge is 0.303 e. The molecule has 25 heavy (non-hydrogen) atoms. The van der Waals surface area contributed by atoms with Crippen LogP contribution in [0.3, 0.4) is 0 Å². The highest BCUT2D eigenvalue weighted by molar-refractivity contribution is 8.19. The van der Waals surface area contributed by atoms with Gasteiger partial charge in [-0.05, 0) is 38.0 Å². The summed E-state index contributed by atoms with van der Waals surface area (Å²) in [5.41, 5.74) is 0. The van der Waals surface area contributed by atoms with Gasteiger partial charge in [-0.3, -0.25) is 4.79 Å². The quantitative estimate of drug-likeness (QED) is 0.355. The van der Waals surface area contributed by atoms with Gasteiger partial charge >= 0.3 is 5.97 Å². The SMILES string of the molecule is CCCCC[C@H](O)C=CC1S[C@H]2CC(S2)[C@@H]1CC=CCCCC(=O)O. The molecule has 3 fully saturated rings. The summed E-state index contributed by atoms with van der Waals surface area (Å²) in [6.45, 7) is 2.19. The van der Waals surface area contributed by atoms with E-state index in [9.17, 15) is 9.90 Å². The fourth-order valence-corrected chi connectivity index (χ4v) is 7.16. The van der Waals surface area contributed by atoms with Gasteiger partial charge in [-0.1, -0.05) is 50.5 Å². The number of unbranched alkanes of at least 4 members (excludes halogenated alkanes) is 3. The highest BCUT2D eigenvalue weighted by Gasteiger charge is 2.45. The van der Waals surface area contributed by atoms with Gasteiger partial charge in [-0.15, -0.1) is 23.5 Å². The van der Waals surface area contributed by atoms with Crippen molar-refractivity contribution in [2.45, 2.75) is 85.9 Å². The Balaban J connectivity index is 1.76. The maximum atomic E-state index is 10.5. The van der Waals surface area contributed by atoms with E-state index in [4.69, 9.17) is 5.11 Å². The first kappa shape index (κ1) is 20.9. The van der Waals surface area contributed by atoms with E-state index in [2.05, 4.69) is 48.7 Å². The fraction of sp³-hybridized carbons (Fsp3) is 0.750. The zero-order valence-electron chi connectivity index (χ0n) is 15.2. The molecule has 2 bridgehead atoms. The van der Waals surface area contributed by atoms with Crippen LogP contribution in [0.15, 0.2) is 24.3 Å². The Morgan fingerprint density at radius 1 is 1.24 bits per heavy atom. The third-order valence-corrected chi connectivity index (χ3v) is 8.29.